The predicted octanol–water partition coefficient (Wildman–Crippen LogP) is 3.93. The lowest BCUT2D eigenvalue weighted by Gasteiger charge is -2.31. The molecule has 0 fully saturated rings. The highest BCUT2D eigenvalue weighted by Gasteiger charge is 2.33. The molecule has 9 heteroatoms. The Balaban J connectivity index is 2.38. The molecule has 0 radical (unpaired) electrons. The molecule has 0 aliphatic carbocycles. The van der Waals surface area contributed by atoms with Crippen LogP contribution >= 0.6 is 0 Å². The fourth-order valence-electron chi connectivity index (χ4n) is 3.29. The van der Waals surface area contributed by atoms with Crippen molar-refractivity contribution >= 4 is 23.6 Å². The average Bonchev–Trinajstić information content (AvgIpc) is 2.79. The highest BCUT2D eigenvalue weighted by molar-refractivity contribution is 5.99. The lowest BCUT2D eigenvalue weighted by Crippen LogP contribution is -2.46. The molecule has 2 rings (SSSR count). The van der Waals surface area contributed by atoms with Crippen LogP contribution in [0.25, 0.3) is 0 Å². The number of hydrogen-bond acceptors (Lipinski definition) is 6. The van der Waals surface area contributed by atoms with E-state index in [9.17, 15) is 19.5 Å². The number of hydrogen-bond donors (Lipinski definition) is 3. The van der Waals surface area contributed by atoms with Crippen LogP contribution in [0.5, 0.6) is 11.5 Å². The number of carbonyl (C=O) groups is 3. The van der Waals surface area contributed by atoms with Crippen LogP contribution < -0.4 is 15.4 Å². The highest BCUT2D eigenvalue weighted by atomic mass is 16.6. The fourth-order valence-corrected chi connectivity index (χ4v) is 3.29. The van der Waals surface area contributed by atoms with Crippen LogP contribution in [0.15, 0.2) is 55.1 Å². The first-order chi connectivity index (χ1) is 16.5. The molecule has 188 valence electrons. The van der Waals surface area contributed by atoms with Crippen molar-refractivity contribution in [3.8, 4) is 11.5 Å². The summed E-state index contributed by atoms with van der Waals surface area (Å²) in [6.07, 6.45) is 0.702. The molecular formula is C26H33N3O6. The van der Waals surface area contributed by atoms with Crippen molar-refractivity contribution in [1.29, 1.82) is 0 Å². The summed E-state index contributed by atoms with van der Waals surface area (Å²) in [6, 6.07) is 10.4. The number of phenols is 1. The van der Waals surface area contributed by atoms with E-state index in [0.29, 0.717) is 17.0 Å². The van der Waals surface area contributed by atoms with Crippen molar-refractivity contribution in [1.82, 2.24) is 10.2 Å². The molecule has 2 aromatic rings. The van der Waals surface area contributed by atoms with Crippen LogP contribution in [0.2, 0.25) is 0 Å². The molecule has 0 bridgehead atoms. The fraction of sp³-hybridized carbons (Fsp3) is 0.346. The largest absolute Gasteiger partial charge is 0.507 e. The number of alkyl carbamates (subject to hydrolysis) is 1. The zero-order chi connectivity index (χ0) is 26.2. The minimum atomic E-state index is -1.21. The topological polar surface area (TPSA) is 117 Å². The smallest absolute Gasteiger partial charge is 0.408 e. The van der Waals surface area contributed by atoms with E-state index in [2.05, 4.69) is 17.2 Å². The summed E-state index contributed by atoms with van der Waals surface area (Å²) < 4.78 is 10.3. The summed E-state index contributed by atoms with van der Waals surface area (Å²) in [5, 5.41) is 15.9. The van der Waals surface area contributed by atoms with Crippen molar-refractivity contribution in [2.45, 2.75) is 39.3 Å². The Morgan fingerprint density at radius 1 is 1.14 bits per heavy atom. The van der Waals surface area contributed by atoms with Crippen LogP contribution in [0.1, 0.15) is 37.9 Å². The number of nitrogens with one attached hydrogen (secondary N) is 2. The lowest BCUT2D eigenvalue weighted by atomic mass is 9.99. The van der Waals surface area contributed by atoms with E-state index in [1.807, 2.05) is 0 Å². The predicted molar refractivity (Wildman–Crippen MR) is 133 cm³/mol. The first-order valence-corrected chi connectivity index (χ1v) is 11.1. The number of anilines is 1. The van der Waals surface area contributed by atoms with Gasteiger partial charge in [-0.1, -0.05) is 24.3 Å². The van der Waals surface area contributed by atoms with E-state index in [-0.39, 0.29) is 17.9 Å². The first-order valence-electron chi connectivity index (χ1n) is 11.1. The summed E-state index contributed by atoms with van der Waals surface area (Å²) >= 11 is 0. The van der Waals surface area contributed by atoms with Gasteiger partial charge in [-0.2, -0.15) is 0 Å². The maximum absolute atomic E-state index is 13.5. The number of carbonyl (C=O) groups excluding carboxylic acids is 3. The third-order valence-electron chi connectivity index (χ3n) is 4.91. The van der Waals surface area contributed by atoms with E-state index in [1.165, 1.54) is 18.1 Å². The van der Waals surface area contributed by atoms with Crippen LogP contribution in [-0.2, 0) is 14.3 Å². The minimum absolute atomic E-state index is 0.0110. The SMILES string of the molecule is C=CCN(C(=O)CNC(=O)OC(C)(C)C)C(C(=O)Nc1ccc(OC)cc1)c1cccc(C)c1O. The highest BCUT2D eigenvalue weighted by Crippen LogP contribution is 2.32. The number of ether oxygens (including phenoxy) is 2. The maximum Gasteiger partial charge on any atom is 0.408 e. The van der Waals surface area contributed by atoms with E-state index in [0.717, 1.165) is 0 Å². The van der Waals surface area contributed by atoms with Crippen molar-refractivity contribution in [2.24, 2.45) is 0 Å². The summed E-state index contributed by atoms with van der Waals surface area (Å²) in [7, 11) is 1.54. The molecule has 2 aromatic carbocycles. The Kier molecular flexibility index (Phi) is 9.27. The minimum Gasteiger partial charge on any atom is -0.507 e. The molecule has 0 saturated carbocycles. The van der Waals surface area contributed by atoms with E-state index in [1.54, 1.807) is 70.2 Å². The quantitative estimate of drug-likeness (QED) is 0.465. The number of phenolic OH excluding ortho intramolecular Hbond substituents is 1. The molecule has 0 spiro atoms. The third-order valence-corrected chi connectivity index (χ3v) is 4.91. The number of nitrogens with zero attached hydrogens (tertiary/aromatic N) is 1. The standard InChI is InChI=1S/C26H33N3O6/c1-7-15-29(21(30)16-27-25(33)35-26(3,4)5)22(20-10-8-9-17(2)23(20)31)24(32)28-18-11-13-19(34-6)14-12-18/h7-14,22,31H,1,15-16H2,2-6H3,(H,27,33)(H,28,32). The van der Waals surface area contributed by atoms with Crippen LogP contribution in [0.4, 0.5) is 10.5 Å². The van der Waals surface area contributed by atoms with Gasteiger partial charge in [-0.05, 0) is 57.5 Å². The average molecular weight is 484 g/mol. The number of aromatic hydroxyl groups is 1. The molecule has 1 atom stereocenters. The monoisotopic (exact) mass is 483 g/mol. The van der Waals surface area contributed by atoms with Gasteiger partial charge in [0.05, 0.1) is 7.11 Å². The number of aryl methyl sites for hydroxylation is 1. The van der Waals surface area contributed by atoms with Crippen molar-refractivity contribution in [3.05, 3.63) is 66.2 Å². The second kappa shape index (κ2) is 11.9. The second-order valence-electron chi connectivity index (χ2n) is 8.82. The summed E-state index contributed by atoms with van der Waals surface area (Å²) in [5.41, 5.74) is 0.527. The van der Waals surface area contributed by atoms with Gasteiger partial charge >= 0.3 is 6.09 Å². The number of amides is 3. The second-order valence-corrected chi connectivity index (χ2v) is 8.82. The van der Waals surface area contributed by atoms with Gasteiger partial charge in [0, 0.05) is 17.8 Å². The first kappa shape index (κ1) is 27.2. The van der Waals surface area contributed by atoms with Crippen molar-refractivity contribution in [2.75, 3.05) is 25.5 Å². The number of para-hydroxylation sites is 1. The number of rotatable bonds is 9. The Bertz CT molecular complexity index is 1060. The zero-order valence-corrected chi connectivity index (χ0v) is 20.8. The van der Waals surface area contributed by atoms with Gasteiger partial charge in [0.2, 0.25) is 5.91 Å². The van der Waals surface area contributed by atoms with Gasteiger partial charge in [0.15, 0.2) is 0 Å². The molecule has 0 aliphatic rings. The number of methoxy groups -OCH3 is 1. The van der Waals surface area contributed by atoms with Gasteiger partial charge in [0.25, 0.3) is 5.91 Å². The van der Waals surface area contributed by atoms with Gasteiger partial charge in [0.1, 0.15) is 29.7 Å². The van der Waals surface area contributed by atoms with Gasteiger partial charge in [-0.3, -0.25) is 9.59 Å². The molecule has 3 amide bonds. The molecule has 0 saturated heterocycles. The van der Waals surface area contributed by atoms with E-state index >= 15 is 0 Å². The molecule has 0 heterocycles. The Hall–Kier alpha value is -4.01. The molecule has 1 unspecified atom stereocenters. The Morgan fingerprint density at radius 3 is 2.37 bits per heavy atom. The van der Waals surface area contributed by atoms with E-state index in [4.69, 9.17) is 9.47 Å². The van der Waals surface area contributed by atoms with Gasteiger partial charge in [-0.15, -0.1) is 6.58 Å². The Labute approximate surface area is 205 Å². The molecule has 35 heavy (non-hydrogen) atoms. The van der Waals surface area contributed by atoms with Crippen molar-refractivity contribution < 1.29 is 29.0 Å². The zero-order valence-electron chi connectivity index (χ0n) is 20.8. The third kappa shape index (κ3) is 7.77. The Morgan fingerprint density at radius 2 is 1.80 bits per heavy atom. The molecular weight excluding hydrogens is 450 g/mol. The molecule has 9 nitrogen and oxygen atoms in total. The molecule has 0 aliphatic heterocycles. The summed E-state index contributed by atoms with van der Waals surface area (Å²) in [6.45, 7) is 10.1. The van der Waals surface area contributed by atoms with Crippen LogP contribution in [-0.4, -0.2) is 53.7 Å². The lowest BCUT2D eigenvalue weighted by molar-refractivity contribution is -0.137. The van der Waals surface area contributed by atoms with Crippen molar-refractivity contribution in [3.63, 3.8) is 0 Å². The summed E-state index contributed by atoms with van der Waals surface area (Å²) in [4.78, 5) is 40.0. The maximum atomic E-state index is 13.5. The summed E-state index contributed by atoms with van der Waals surface area (Å²) in [5.74, 6) is -0.605. The molecule has 3 N–H and O–H groups in total. The van der Waals surface area contributed by atoms with Crippen LogP contribution in [0, 0.1) is 6.92 Å². The normalized spacial score (nSPS) is 11.7. The van der Waals surface area contributed by atoms with Gasteiger partial charge in [-0.25, -0.2) is 4.79 Å². The van der Waals surface area contributed by atoms with Crippen LogP contribution in [0.3, 0.4) is 0 Å². The van der Waals surface area contributed by atoms with E-state index < -0.39 is 36.1 Å². The van der Waals surface area contributed by atoms with Gasteiger partial charge < -0.3 is 30.1 Å². The molecule has 0 aromatic heterocycles. The number of benzene rings is 2.